The van der Waals surface area contributed by atoms with Crippen molar-refractivity contribution in [2.75, 3.05) is 18.4 Å². The zero-order valence-electron chi connectivity index (χ0n) is 17.3. The Kier molecular flexibility index (Phi) is 6.08. The Morgan fingerprint density at radius 1 is 1.28 bits per heavy atom. The van der Waals surface area contributed by atoms with Gasteiger partial charge in [0, 0.05) is 17.8 Å². The van der Waals surface area contributed by atoms with E-state index in [1.165, 1.54) is 32.1 Å². The van der Waals surface area contributed by atoms with Crippen LogP contribution in [0.15, 0.2) is 16.7 Å². The van der Waals surface area contributed by atoms with Crippen LogP contribution in [-0.2, 0) is 0 Å². The van der Waals surface area contributed by atoms with Crippen LogP contribution in [0.1, 0.15) is 57.6 Å². The molecule has 5 rings (SSSR count). The molecule has 0 aromatic carbocycles. The third-order valence-corrected chi connectivity index (χ3v) is 6.27. The number of aromatic nitrogens is 1. The summed E-state index contributed by atoms with van der Waals surface area (Å²) in [6, 6.07) is 5.57. The van der Waals surface area contributed by atoms with Crippen LogP contribution < -0.4 is 10.6 Å². The summed E-state index contributed by atoms with van der Waals surface area (Å²) in [6.07, 6.45) is 15.0. The maximum atomic E-state index is 13.3. The second kappa shape index (κ2) is 8.53. The molecule has 1 saturated heterocycles. The number of nitrogens with zero attached hydrogens (tertiary/aromatic N) is 1. The monoisotopic (exact) mass is 649 g/mol. The Morgan fingerprint density at radius 3 is 2.62 bits per heavy atom. The zero-order chi connectivity index (χ0) is 19.6. The Morgan fingerprint density at radius 2 is 1.97 bits per heavy atom. The average Bonchev–Trinajstić information content (AvgIpc) is 3.35. The number of hydrogen-bond acceptors (Lipinski definition) is 4. The first-order valence-electron chi connectivity index (χ1n) is 10.5. The van der Waals surface area contributed by atoms with E-state index in [-0.39, 0.29) is 0 Å². The number of hydrogen-bond donors (Lipinski definition) is 2. The molecule has 2 aromatic rings. The van der Waals surface area contributed by atoms with Crippen LogP contribution >= 0.6 is 0 Å². The molecule has 1 aliphatic heterocycles. The summed E-state index contributed by atoms with van der Waals surface area (Å²) in [7, 11) is 0. The molecule has 2 saturated carbocycles. The molecule has 2 aliphatic carbocycles. The van der Waals surface area contributed by atoms with Crippen LogP contribution in [0.2, 0.25) is 0 Å². The van der Waals surface area contributed by atoms with Crippen LogP contribution in [0, 0.1) is 30.2 Å². The van der Waals surface area contributed by atoms with Crippen LogP contribution in [0.5, 0.6) is 0 Å². The van der Waals surface area contributed by atoms with Crippen molar-refractivity contribution < 1.29 is 8.81 Å². The van der Waals surface area contributed by atoms with Crippen molar-refractivity contribution in [3.05, 3.63) is 24.1 Å². The average molecular weight is 650 g/mol. The van der Waals surface area contributed by atoms with E-state index in [9.17, 15) is 4.39 Å². The van der Waals surface area contributed by atoms with E-state index in [1.807, 2.05) is 6.07 Å². The number of terminal acetylenes is 1. The van der Waals surface area contributed by atoms with Crippen molar-refractivity contribution in [3.8, 4) is 12.3 Å². The van der Waals surface area contributed by atoms with Crippen molar-refractivity contribution >= 4 is 16.8 Å². The molecule has 4 nitrogen and oxygen atoms in total. The third-order valence-electron chi connectivity index (χ3n) is 6.27. The van der Waals surface area contributed by atoms with Gasteiger partial charge in [0.15, 0.2) is 0 Å². The minimum Gasteiger partial charge on any atom is -0.518 e. The van der Waals surface area contributed by atoms with Crippen molar-refractivity contribution in [1.29, 1.82) is 0 Å². The van der Waals surface area contributed by atoms with Gasteiger partial charge in [0.25, 0.3) is 0 Å². The zero-order valence-corrected chi connectivity index (χ0v) is 23.7. The number of rotatable bonds is 2. The second-order valence-corrected chi connectivity index (χ2v) is 8.74. The van der Waals surface area contributed by atoms with Crippen molar-refractivity contribution in [3.63, 3.8) is 0 Å². The molecule has 2 atom stereocenters. The quantitative estimate of drug-likeness (QED) is 0.366. The number of nitrogens with one attached hydrogen (secondary N) is 2. The number of anilines is 1. The summed E-state index contributed by atoms with van der Waals surface area (Å²) < 4.78 is 18.7. The van der Waals surface area contributed by atoms with Crippen molar-refractivity contribution in [2.24, 2.45) is 11.8 Å². The Labute approximate surface area is 166 Å². The van der Waals surface area contributed by atoms with Gasteiger partial charge in [0.1, 0.15) is 11.4 Å². The van der Waals surface area contributed by atoms with Gasteiger partial charge in [-0.15, -0.1) is 23.9 Å². The van der Waals surface area contributed by atoms with Gasteiger partial charge in [0.05, 0.1) is 5.82 Å². The number of pyridine rings is 1. The van der Waals surface area contributed by atoms with Crippen molar-refractivity contribution in [1.82, 2.24) is 10.3 Å². The Bertz CT molecular complexity index is 839. The summed E-state index contributed by atoms with van der Waals surface area (Å²) in [5, 5.41) is 7.62. The molecule has 0 spiro atoms. The third kappa shape index (κ3) is 4.86. The molecule has 3 fully saturated rings. The van der Waals surface area contributed by atoms with Gasteiger partial charge in [-0.2, -0.15) is 0 Å². The molecule has 152 valence electrons. The maximum Gasteiger partial charge on any atom is 0.109 e. The van der Waals surface area contributed by atoms with Crippen LogP contribution in [0.4, 0.5) is 10.2 Å². The van der Waals surface area contributed by atoms with Gasteiger partial charge < -0.3 is 15.1 Å². The smallest absolute Gasteiger partial charge is 0.109 e. The summed E-state index contributed by atoms with van der Waals surface area (Å²) in [4.78, 5) is 4.32. The van der Waals surface area contributed by atoms with Gasteiger partial charge in [-0.05, 0) is 63.5 Å². The van der Waals surface area contributed by atoms with Gasteiger partial charge >= 0.3 is 0 Å². The van der Waals surface area contributed by atoms with Crippen molar-refractivity contribution in [2.45, 2.75) is 63.6 Å². The standard InChI is InChI=1S/C15H15N2O.C8H14FN.Rf/c1-2-13-8-11-9-15(16-10-14(11)18-13)17-12-6-4-3-5-7-12;1-8(9)2-6-4-10-5-7(6)3-8;/h1,8,10,12H,3-7H2,(H,16,17);6-7,10H,2-5H2,1H3;/q-1;;. The van der Waals surface area contributed by atoms with Crippen LogP contribution in [0.3, 0.4) is 0 Å². The number of fused-ring (bicyclic) bond motifs is 2. The molecule has 29 heavy (non-hydrogen) atoms. The van der Waals surface area contributed by atoms with Gasteiger partial charge in [-0.3, -0.25) is 4.98 Å². The molecule has 6 heteroatoms. The van der Waals surface area contributed by atoms with Gasteiger partial charge in [-0.1, -0.05) is 19.3 Å². The Hall–Kier alpha value is -3.06. The van der Waals surface area contributed by atoms with E-state index < -0.39 is 5.67 Å². The fraction of sp³-hybridized carbons (Fsp3) is 0.609. The summed E-state index contributed by atoms with van der Waals surface area (Å²) in [5.74, 6) is 5.07. The predicted molar refractivity (Wildman–Crippen MR) is 110 cm³/mol. The molecule has 0 bridgehead atoms. The van der Waals surface area contributed by atoms with Gasteiger partial charge in [0.2, 0.25) is 0 Å². The molecule has 0 radical (unpaired) electrons. The second-order valence-electron chi connectivity index (χ2n) is 8.74. The van der Waals surface area contributed by atoms with E-state index in [1.54, 1.807) is 13.1 Å². The van der Waals surface area contributed by atoms with E-state index in [4.69, 9.17) is 10.8 Å². The molecule has 2 N–H and O–H groups in total. The molecule has 2 aromatic heterocycles. The van der Waals surface area contributed by atoms with Gasteiger partial charge in [-0.25, -0.2) is 4.39 Å². The Balaban J connectivity index is 0.000000186. The van der Waals surface area contributed by atoms with Crippen LogP contribution in [-0.4, -0.2) is 29.8 Å². The van der Waals surface area contributed by atoms with E-state index in [0.717, 1.165) is 37.1 Å². The first-order chi connectivity index (χ1) is 13.5. The molecule has 3 aliphatic rings. The summed E-state index contributed by atoms with van der Waals surface area (Å²) >= 11 is 0. The molecule has 2 unspecified atom stereocenters. The molecule has 0 amide bonds. The maximum absolute atomic E-state index is 13.3. The first-order valence-corrected chi connectivity index (χ1v) is 10.5. The SMILES string of the molecule is C#Cc1cc2[c-]c(NC3CCCCC3)ncc2o1.CC1(F)CC2CNCC2C1.[Rf]. The normalized spacial score (nSPS) is 28.7. The fourth-order valence-electron chi connectivity index (χ4n) is 4.91. The molecule has 3 heterocycles. The topological polar surface area (TPSA) is 50.1 Å². The largest absolute Gasteiger partial charge is 0.518 e. The minimum atomic E-state index is -0.850. The minimum absolute atomic E-state index is 0. The predicted octanol–water partition coefficient (Wildman–Crippen LogP) is 4.70. The summed E-state index contributed by atoms with van der Waals surface area (Å²) in [5.41, 5.74) is -0.158. The molecular formula is C23H29FN3ORf-. The van der Waals surface area contributed by atoms with Crippen LogP contribution in [0.25, 0.3) is 11.0 Å². The number of furan rings is 1. The number of halogens is 1. The first kappa shape index (κ1) is 20.7. The van der Waals surface area contributed by atoms with E-state index in [2.05, 4.69) is 27.6 Å². The summed E-state index contributed by atoms with van der Waals surface area (Å²) in [6.45, 7) is 3.83. The molecular weight excluding hydrogens is 620 g/mol. The number of alkyl halides is 1. The fourth-order valence-corrected chi connectivity index (χ4v) is 4.91. The van der Waals surface area contributed by atoms with E-state index >= 15 is 0 Å². The van der Waals surface area contributed by atoms with E-state index in [0.29, 0.717) is 29.2 Å².